The minimum absolute atomic E-state index is 0.0557. The number of phenolic OH excluding ortho intramolecular Hbond substituents is 1. The number of hydrogen-bond acceptors (Lipinski definition) is 4. The van der Waals surface area contributed by atoms with Gasteiger partial charge in [0, 0.05) is 6.07 Å². The molecule has 2 rings (SSSR count). The van der Waals surface area contributed by atoms with Gasteiger partial charge in [-0.1, -0.05) is 6.07 Å². The molecule has 0 bridgehead atoms. The molecule has 17 heavy (non-hydrogen) atoms. The van der Waals surface area contributed by atoms with Crippen molar-refractivity contribution in [2.45, 2.75) is 4.21 Å². The van der Waals surface area contributed by atoms with Crippen LogP contribution in [0.4, 0.5) is 10.1 Å². The van der Waals surface area contributed by atoms with Crippen molar-refractivity contribution >= 4 is 27.0 Å². The third-order valence-electron chi connectivity index (χ3n) is 1.96. The molecule has 0 unspecified atom stereocenters. The van der Waals surface area contributed by atoms with E-state index >= 15 is 0 Å². The maximum absolute atomic E-state index is 12.7. The molecule has 0 radical (unpaired) electrons. The number of phenols is 1. The van der Waals surface area contributed by atoms with Crippen LogP contribution in [0.1, 0.15) is 0 Å². The second-order valence-electron chi connectivity index (χ2n) is 3.20. The van der Waals surface area contributed by atoms with Gasteiger partial charge in [0.2, 0.25) is 0 Å². The van der Waals surface area contributed by atoms with E-state index in [1.54, 1.807) is 11.4 Å². The van der Waals surface area contributed by atoms with Crippen LogP contribution in [0.3, 0.4) is 0 Å². The van der Waals surface area contributed by atoms with Gasteiger partial charge in [0.25, 0.3) is 10.0 Å². The lowest BCUT2D eigenvalue weighted by Gasteiger charge is -2.07. The van der Waals surface area contributed by atoms with E-state index in [2.05, 4.69) is 4.72 Å². The molecule has 1 aromatic heterocycles. The summed E-state index contributed by atoms with van der Waals surface area (Å²) in [5, 5.41) is 11.0. The number of halogens is 1. The van der Waals surface area contributed by atoms with E-state index in [1.165, 1.54) is 6.07 Å². The van der Waals surface area contributed by atoms with Crippen molar-refractivity contribution in [3.63, 3.8) is 0 Å². The SMILES string of the molecule is O=S(=O)(Nc1ccc(F)cc1O)c1cccs1. The Balaban J connectivity index is 2.33. The first-order valence-corrected chi connectivity index (χ1v) is 6.90. The summed E-state index contributed by atoms with van der Waals surface area (Å²) in [7, 11) is -3.72. The van der Waals surface area contributed by atoms with Crippen molar-refractivity contribution in [1.29, 1.82) is 0 Å². The Morgan fingerprint density at radius 2 is 2.06 bits per heavy atom. The number of nitrogens with one attached hydrogen (secondary N) is 1. The lowest BCUT2D eigenvalue weighted by molar-refractivity contribution is 0.471. The van der Waals surface area contributed by atoms with Crippen molar-refractivity contribution in [3.05, 3.63) is 41.5 Å². The van der Waals surface area contributed by atoms with Crippen molar-refractivity contribution in [3.8, 4) is 5.75 Å². The molecule has 0 spiro atoms. The highest BCUT2D eigenvalue weighted by Crippen LogP contribution is 2.27. The number of aromatic hydroxyl groups is 1. The minimum atomic E-state index is -3.72. The molecule has 4 nitrogen and oxygen atoms in total. The molecule has 1 heterocycles. The van der Waals surface area contributed by atoms with Gasteiger partial charge in [0.05, 0.1) is 5.69 Å². The molecule has 0 aliphatic heterocycles. The van der Waals surface area contributed by atoms with Gasteiger partial charge in [0.15, 0.2) is 0 Å². The maximum atomic E-state index is 12.7. The maximum Gasteiger partial charge on any atom is 0.271 e. The first-order chi connectivity index (χ1) is 7.99. The topological polar surface area (TPSA) is 66.4 Å². The fraction of sp³-hybridized carbons (Fsp3) is 0. The summed E-state index contributed by atoms with van der Waals surface area (Å²) >= 11 is 1.05. The summed E-state index contributed by atoms with van der Waals surface area (Å²) < 4.78 is 38.6. The van der Waals surface area contributed by atoms with E-state index in [0.717, 1.165) is 29.5 Å². The molecule has 2 aromatic rings. The van der Waals surface area contributed by atoms with Crippen molar-refractivity contribution in [2.24, 2.45) is 0 Å². The van der Waals surface area contributed by atoms with Crippen LogP contribution in [0.2, 0.25) is 0 Å². The van der Waals surface area contributed by atoms with Gasteiger partial charge in [-0.25, -0.2) is 12.8 Å². The molecule has 0 saturated heterocycles. The Kier molecular flexibility index (Phi) is 3.03. The monoisotopic (exact) mass is 273 g/mol. The predicted octanol–water partition coefficient (Wildman–Crippen LogP) is 2.39. The Morgan fingerprint density at radius 3 is 2.65 bits per heavy atom. The number of thiophene rings is 1. The van der Waals surface area contributed by atoms with Gasteiger partial charge < -0.3 is 5.11 Å². The minimum Gasteiger partial charge on any atom is -0.506 e. The summed E-state index contributed by atoms with van der Waals surface area (Å²) in [4.78, 5) is 0. The van der Waals surface area contributed by atoms with Gasteiger partial charge in [0.1, 0.15) is 15.8 Å². The van der Waals surface area contributed by atoms with E-state index in [9.17, 15) is 17.9 Å². The van der Waals surface area contributed by atoms with Crippen LogP contribution in [0.5, 0.6) is 5.75 Å². The van der Waals surface area contributed by atoms with Crippen LogP contribution in [0.15, 0.2) is 39.9 Å². The van der Waals surface area contributed by atoms with Gasteiger partial charge in [-0.15, -0.1) is 11.3 Å². The molecule has 0 aliphatic rings. The van der Waals surface area contributed by atoms with E-state index < -0.39 is 21.6 Å². The fourth-order valence-electron chi connectivity index (χ4n) is 1.20. The summed E-state index contributed by atoms with van der Waals surface area (Å²) in [5.41, 5.74) is -0.0557. The van der Waals surface area contributed by atoms with Crippen LogP contribution in [0.25, 0.3) is 0 Å². The predicted molar refractivity (Wildman–Crippen MR) is 63.2 cm³/mol. The molecule has 0 saturated carbocycles. The number of anilines is 1. The second-order valence-corrected chi connectivity index (χ2v) is 6.06. The largest absolute Gasteiger partial charge is 0.506 e. The standard InChI is InChI=1S/C10H8FNO3S2/c11-7-3-4-8(9(13)6-7)12-17(14,15)10-2-1-5-16-10/h1-6,12-13H. The number of sulfonamides is 1. The van der Waals surface area contributed by atoms with Crippen molar-refractivity contribution in [1.82, 2.24) is 0 Å². The summed E-state index contributed by atoms with van der Waals surface area (Å²) in [6.45, 7) is 0. The quantitative estimate of drug-likeness (QED) is 0.844. The van der Waals surface area contributed by atoms with Gasteiger partial charge in [-0.2, -0.15) is 0 Å². The zero-order valence-electron chi connectivity index (χ0n) is 8.42. The molecule has 90 valence electrons. The third kappa shape index (κ3) is 2.56. The molecule has 0 aliphatic carbocycles. The highest BCUT2D eigenvalue weighted by molar-refractivity contribution is 7.94. The van der Waals surface area contributed by atoms with Crippen LogP contribution < -0.4 is 4.72 Å². The number of hydrogen-bond donors (Lipinski definition) is 2. The Labute approximate surface area is 101 Å². The number of rotatable bonds is 3. The first kappa shape index (κ1) is 11.9. The zero-order valence-corrected chi connectivity index (χ0v) is 10.1. The first-order valence-electron chi connectivity index (χ1n) is 4.54. The van der Waals surface area contributed by atoms with Crippen LogP contribution in [-0.2, 0) is 10.0 Å². The Hall–Kier alpha value is -1.60. The van der Waals surface area contributed by atoms with Crippen LogP contribution >= 0.6 is 11.3 Å². The summed E-state index contributed by atoms with van der Waals surface area (Å²) in [6.07, 6.45) is 0. The number of benzene rings is 1. The van der Waals surface area contributed by atoms with Crippen LogP contribution in [0, 0.1) is 5.82 Å². The molecule has 7 heteroatoms. The van der Waals surface area contributed by atoms with Crippen molar-refractivity contribution in [2.75, 3.05) is 4.72 Å². The van der Waals surface area contributed by atoms with Gasteiger partial charge in [-0.3, -0.25) is 4.72 Å². The van der Waals surface area contributed by atoms with Gasteiger partial charge >= 0.3 is 0 Å². The molecule has 0 fully saturated rings. The average Bonchev–Trinajstić information content (AvgIpc) is 2.76. The molecule has 0 amide bonds. The highest BCUT2D eigenvalue weighted by Gasteiger charge is 2.16. The molecular formula is C10H8FNO3S2. The third-order valence-corrected chi connectivity index (χ3v) is 4.73. The molecular weight excluding hydrogens is 265 g/mol. The normalized spacial score (nSPS) is 11.4. The zero-order chi connectivity index (χ0) is 12.5. The lowest BCUT2D eigenvalue weighted by Crippen LogP contribution is -2.11. The fourth-order valence-corrected chi connectivity index (χ4v) is 3.27. The summed E-state index contributed by atoms with van der Waals surface area (Å²) in [5.74, 6) is -1.09. The molecule has 0 atom stereocenters. The van der Waals surface area contributed by atoms with E-state index in [4.69, 9.17) is 0 Å². The molecule has 1 aromatic carbocycles. The Bertz CT molecular complexity index is 623. The smallest absolute Gasteiger partial charge is 0.271 e. The molecule has 2 N–H and O–H groups in total. The lowest BCUT2D eigenvalue weighted by atomic mass is 10.3. The average molecular weight is 273 g/mol. The second kappa shape index (κ2) is 4.34. The van der Waals surface area contributed by atoms with Crippen LogP contribution in [-0.4, -0.2) is 13.5 Å². The summed E-state index contributed by atoms with van der Waals surface area (Å²) in [6, 6.07) is 6.10. The van der Waals surface area contributed by atoms with E-state index in [1.807, 2.05) is 0 Å². The Morgan fingerprint density at radius 1 is 1.29 bits per heavy atom. The van der Waals surface area contributed by atoms with Crippen molar-refractivity contribution < 1.29 is 17.9 Å². The van der Waals surface area contributed by atoms with E-state index in [0.29, 0.717) is 0 Å². The highest BCUT2D eigenvalue weighted by atomic mass is 32.2. The van der Waals surface area contributed by atoms with E-state index in [-0.39, 0.29) is 9.90 Å². The van der Waals surface area contributed by atoms with Gasteiger partial charge in [-0.05, 0) is 23.6 Å².